The Morgan fingerprint density at radius 3 is 2.33 bits per heavy atom. The van der Waals surface area contributed by atoms with Gasteiger partial charge in [-0.05, 0) is 60.6 Å². The van der Waals surface area contributed by atoms with Gasteiger partial charge in [0, 0.05) is 37.0 Å². The van der Waals surface area contributed by atoms with Gasteiger partial charge >= 0.3 is 0 Å². The average Bonchev–Trinajstić information content (AvgIpc) is 3.19. The van der Waals surface area contributed by atoms with Gasteiger partial charge in [0.2, 0.25) is 17.7 Å². The Hall–Kier alpha value is -2.08. The second-order valence-corrected chi connectivity index (χ2v) is 11.2. The number of nitrogens with zero attached hydrogens (tertiary/aromatic N) is 1. The van der Waals surface area contributed by atoms with E-state index in [0.29, 0.717) is 25.4 Å². The molecule has 0 bridgehead atoms. The number of piperidine rings is 1. The summed E-state index contributed by atoms with van der Waals surface area (Å²) in [4.78, 5) is 39.7. The predicted octanol–water partition coefficient (Wildman–Crippen LogP) is 4.13. The van der Waals surface area contributed by atoms with Crippen LogP contribution in [0.2, 0.25) is 5.02 Å². The standard InChI is InChI=1S/C26H38ClN3O3/c1-16(2)23(29-24(32)19-8-11-21(14-19)28-17(3)31)25(33)30-13-12-22(26(4,5)15-30)18-6-9-20(27)10-7-18/h6-7,9-10,16,19,21-23H,8,11-15H2,1-5H3,(H,28,31)(H,29,32)/t19-,21+,22?,23-/m1/s1. The molecule has 4 atom stereocenters. The van der Waals surface area contributed by atoms with E-state index in [1.807, 2.05) is 30.9 Å². The van der Waals surface area contributed by atoms with Gasteiger partial charge in [-0.3, -0.25) is 14.4 Å². The molecular formula is C26H38ClN3O3. The summed E-state index contributed by atoms with van der Waals surface area (Å²) in [5, 5.41) is 6.68. The maximum Gasteiger partial charge on any atom is 0.245 e. The maximum absolute atomic E-state index is 13.5. The van der Waals surface area contributed by atoms with Crippen molar-refractivity contribution in [3.8, 4) is 0 Å². The zero-order valence-electron chi connectivity index (χ0n) is 20.5. The van der Waals surface area contributed by atoms with E-state index in [4.69, 9.17) is 11.6 Å². The number of nitrogens with one attached hydrogen (secondary N) is 2. The van der Waals surface area contributed by atoms with E-state index in [-0.39, 0.29) is 41.0 Å². The molecule has 1 aliphatic heterocycles. The van der Waals surface area contributed by atoms with E-state index in [2.05, 4.69) is 36.6 Å². The summed E-state index contributed by atoms with van der Waals surface area (Å²) in [7, 11) is 0. The van der Waals surface area contributed by atoms with E-state index in [1.165, 1.54) is 12.5 Å². The molecule has 1 aromatic rings. The van der Waals surface area contributed by atoms with E-state index >= 15 is 0 Å². The lowest BCUT2D eigenvalue weighted by Crippen LogP contribution is -2.56. The molecular weight excluding hydrogens is 438 g/mol. The molecule has 0 spiro atoms. The first kappa shape index (κ1) is 25.5. The van der Waals surface area contributed by atoms with Crippen molar-refractivity contribution in [1.82, 2.24) is 15.5 Å². The van der Waals surface area contributed by atoms with E-state index < -0.39 is 6.04 Å². The highest BCUT2D eigenvalue weighted by Crippen LogP contribution is 2.42. The molecule has 1 aromatic carbocycles. The summed E-state index contributed by atoms with van der Waals surface area (Å²) in [6, 6.07) is 7.51. The van der Waals surface area contributed by atoms with Crippen molar-refractivity contribution in [3.05, 3.63) is 34.9 Å². The Bertz CT molecular complexity index is 868. The summed E-state index contributed by atoms with van der Waals surface area (Å²) in [6.07, 6.45) is 3.03. The highest BCUT2D eigenvalue weighted by atomic mass is 35.5. The SMILES string of the molecule is CC(=O)N[C@H]1CC[C@@H](C(=O)N[C@@H](C(=O)N2CCC(c3ccc(Cl)cc3)C(C)(C)C2)C(C)C)C1. The summed E-state index contributed by atoms with van der Waals surface area (Å²) >= 11 is 6.06. The fraction of sp³-hybridized carbons (Fsp3) is 0.654. The number of benzene rings is 1. The third kappa shape index (κ3) is 6.28. The van der Waals surface area contributed by atoms with Crippen LogP contribution in [0.5, 0.6) is 0 Å². The molecule has 33 heavy (non-hydrogen) atoms. The minimum absolute atomic E-state index is 0.00242. The number of hydrogen-bond donors (Lipinski definition) is 2. The van der Waals surface area contributed by atoms with Crippen molar-refractivity contribution in [1.29, 1.82) is 0 Å². The number of carbonyl (C=O) groups is 3. The Kier molecular flexibility index (Phi) is 8.09. The van der Waals surface area contributed by atoms with E-state index in [1.54, 1.807) is 0 Å². The Morgan fingerprint density at radius 2 is 1.76 bits per heavy atom. The second kappa shape index (κ2) is 10.5. The van der Waals surface area contributed by atoms with E-state index in [9.17, 15) is 14.4 Å². The van der Waals surface area contributed by atoms with Crippen LogP contribution in [0.1, 0.15) is 71.8 Å². The van der Waals surface area contributed by atoms with Gasteiger partial charge in [0.15, 0.2) is 0 Å². The number of rotatable bonds is 6. The van der Waals surface area contributed by atoms with Gasteiger partial charge in [-0.15, -0.1) is 0 Å². The molecule has 182 valence electrons. The fourth-order valence-corrected chi connectivity index (χ4v) is 5.60. The van der Waals surface area contributed by atoms with Crippen LogP contribution in [-0.2, 0) is 14.4 Å². The number of hydrogen-bond acceptors (Lipinski definition) is 3. The van der Waals surface area contributed by atoms with Crippen molar-refractivity contribution in [2.45, 2.75) is 78.3 Å². The zero-order chi connectivity index (χ0) is 24.3. The van der Waals surface area contributed by atoms with Crippen LogP contribution in [0.3, 0.4) is 0 Å². The van der Waals surface area contributed by atoms with Crippen LogP contribution in [-0.4, -0.2) is 47.8 Å². The second-order valence-electron chi connectivity index (χ2n) is 10.8. The Balaban J connectivity index is 1.63. The van der Waals surface area contributed by atoms with Gasteiger partial charge in [0.05, 0.1) is 0 Å². The molecule has 2 N–H and O–H groups in total. The number of likely N-dealkylation sites (tertiary alicyclic amines) is 1. The molecule has 7 heteroatoms. The predicted molar refractivity (Wildman–Crippen MR) is 131 cm³/mol. The lowest BCUT2D eigenvalue weighted by atomic mass is 9.70. The molecule has 1 saturated heterocycles. The van der Waals surface area contributed by atoms with Crippen LogP contribution in [0.4, 0.5) is 0 Å². The summed E-state index contributed by atoms with van der Waals surface area (Å²) in [6.45, 7) is 11.2. The van der Waals surface area contributed by atoms with Gasteiger partial charge in [-0.1, -0.05) is 51.4 Å². The lowest BCUT2D eigenvalue weighted by molar-refractivity contribution is -0.141. The minimum Gasteiger partial charge on any atom is -0.354 e. The third-order valence-electron chi connectivity index (χ3n) is 7.25. The monoisotopic (exact) mass is 475 g/mol. The molecule has 2 fully saturated rings. The maximum atomic E-state index is 13.5. The first-order valence-corrected chi connectivity index (χ1v) is 12.5. The fourth-order valence-electron chi connectivity index (χ4n) is 5.48. The molecule has 3 rings (SSSR count). The van der Waals surface area contributed by atoms with Gasteiger partial charge in [0.25, 0.3) is 0 Å². The molecule has 2 aliphatic rings. The average molecular weight is 476 g/mol. The molecule has 1 saturated carbocycles. The van der Waals surface area contributed by atoms with Crippen LogP contribution in [0.25, 0.3) is 0 Å². The van der Waals surface area contributed by atoms with Crippen LogP contribution in [0.15, 0.2) is 24.3 Å². The van der Waals surface area contributed by atoms with Gasteiger partial charge in [0.1, 0.15) is 6.04 Å². The van der Waals surface area contributed by atoms with Gasteiger partial charge in [-0.25, -0.2) is 0 Å². The molecule has 6 nitrogen and oxygen atoms in total. The first-order valence-electron chi connectivity index (χ1n) is 12.1. The summed E-state index contributed by atoms with van der Waals surface area (Å²) < 4.78 is 0. The lowest BCUT2D eigenvalue weighted by Gasteiger charge is -2.46. The zero-order valence-corrected chi connectivity index (χ0v) is 21.2. The Morgan fingerprint density at radius 1 is 1.09 bits per heavy atom. The van der Waals surface area contributed by atoms with Crippen LogP contribution < -0.4 is 10.6 Å². The first-order chi connectivity index (χ1) is 15.5. The molecule has 1 heterocycles. The van der Waals surface area contributed by atoms with Crippen molar-refractivity contribution in [2.24, 2.45) is 17.3 Å². The van der Waals surface area contributed by atoms with Crippen molar-refractivity contribution in [3.63, 3.8) is 0 Å². The third-order valence-corrected chi connectivity index (χ3v) is 7.51. The normalized spacial score (nSPS) is 25.5. The number of amides is 3. The van der Waals surface area contributed by atoms with E-state index in [0.717, 1.165) is 24.3 Å². The molecule has 1 unspecified atom stereocenters. The van der Waals surface area contributed by atoms with Gasteiger partial charge < -0.3 is 15.5 Å². The quantitative estimate of drug-likeness (QED) is 0.649. The molecule has 3 amide bonds. The topological polar surface area (TPSA) is 78.5 Å². The smallest absolute Gasteiger partial charge is 0.245 e. The Labute approximate surface area is 202 Å². The molecule has 0 aromatic heterocycles. The minimum atomic E-state index is -0.541. The number of halogens is 1. The van der Waals surface area contributed by atoms with Crippen molar-refractivity contribution in [2.75, 3.05) is 13.1 Å². The van der Waals surface area contributed by atoms with Crippen LogP contribution >= 0.6 is 11.6 Å². The van der Waals surface area contributed by atoms with Crippen LogP contribution in [0, 0.1) is 17.3 Å². The molecule has 0 radical (unpaired) electrons. The highest BCUT2D eigenvalue weighted by Gasteiger charge is 2.41. The highest BCUT2D eigenvalue weighted by molar-refractivity contribution is 6.30. The van der Waals surface area contributed by atoms with Gasteiger partial charge in [-0.2, -0.15) is 0 Å². The summed E-state index contributed by atoms with van der Waals surface area (Å²) in [5.74, 6) is 0.0210. The van der Waals surface area contributed by atoms with Crippen molar-refractivity contribution < 1.29 is 14.4 Å². The summed E-state index contributed by atoms with van der Waals surface area (Å²) in [5.41, 5.74) is 1.16. The molecule has 1 aliphatic carbocycles. The largest absolute Gasteiger partial charge is 0.354 e. The van der Waals surface area contributed by atoms with Crippen molar-refractivity contribution >= 4 is 29.3 Å². The number of carbonyl (C=O) groups excluding carboxylic acids is 3.